The Balaban J connectivity index is 2.77. The molecule has 0 aromatic heterocycles. The van der Waals surface area contributed by atoms with Crippen LogP contribution in [0.3, 0.4) is 0 Å². The molecule has 4 heteroatoms. The molecule has 0 N–H and O–H groups in total. The second-order valence-corrected chi connectivity index (χ2v) is 5.82. The highest BCUT2D eigenvalue weighted by molar-refractivity contribution is 6.53. The van der Waals surface area contributed by atoms with Crippen LogP contribution in [0.25, 0.3) is 0 Å². The van der Waals surface area contributed by atoms with Gasteiger partial charge in [0.2, 0.25) is 0 Å². The maximum Gasteiger partial charge on any atom is 0.525 e. The molecule has 0 aliphatic carbocycles. The van der Waals surface area contributed by atoms with Crippen molar-refractivity contribution in [3.8, 4) is 0 Å². The molecular formula is C13H24BFO2. The van der Waals surface area contributed by atoms with Gasteiger partial charge in [0.1, 0.15) is 5.73 Å². The monoisotopic (exact) mass is 242 g/mol. The summed E-state index contributed by atoms with van der Waals surface area (Å²) in [6.45, 7) is 11.6. The summed E-state index contributed by atoms with van der Waals surface area (Å²) < 4.78 is 25.5. The Labute approximate surface area is 105 Å². The zero-order chi connectivity index (χ0) is 13.3. The van der Waals surface area contributed by atoms with Crippen molar-refractivity contribution in [1.29, 1.82) is 0 Å². The number of allylic oxidation sites excluding steroid dienone is 1. The van der Waals surface area contributed by atoms with Crippen LogP contribution < -0.4 is 0 Å². The number of rotatable bonds is 4. The second kappa shape index (κ2) is 5.11. The van der Waals surface area contributed by atoms with Crippen LogP contribution in [0.15, 0.2) is 11.3 Å². The molecule has 0 radical (unpaired) electrons. The van der Waals surface area contributed by atoms with Gasteiger partial charge in [-0.15, -0.1) is 0 Å². The van der Waals surface area contributed by atoms with Crippen LogP contribution in [-0.2, 0) is 9.31 Å². The van der Waals surface area contributed by atoms with Gasteiger partial charge in [-0.3, -0.25) is 0 Å². The standard InChI is InChI=1S/C13H24BFO2/c1-7-8-9-10(2)11(15)14-16-12(3,4)13(5,6)17-14/h7-9H2,1-6H3. The Bertz CT molecular complexity index is 295. The number of hydrogen-bond acceptors (Lipinski definition) is 2. The Morgan fingerprint density at radius 2 is 1.59 bits per heavy atom. The van der Waals surface area contributed by atoms with Gasteiger partial charge in [0, 0.05) is 0 Å². The summed E-state index contributed by atoms with van der Waals surface area (Å²) in [5.74, 6) is 0. The average Bonchev–Trinajstić information content (AvgIpc) is 2.43. The summed E-state index contributed by atoms with van der Waals surface area (Å²) in [4.78, 5) is 0. The van der Waals surface area contributed by atoms with E-state index in [0.29, 0.717) is 0 Å². The van der Waals surface area contributed by atoms with Crippen LogP contribution in [0.4, 0.5) is 4.39 Å². The molecule has 1 heterocycles. The van der Waals surface area contributed by atoms with E-state index in [-0.39, 0.29) is 5.73 Å². The summed E-state index contributed by atoms with van der Waals surface area (Å²) >= 11 is 0. The molecule has 0 saturated carbocycles. The highest BCUT2D eigenvalue weighted by Crippen LogP contribution is 2.39. The SMILES string of the molecule is CCCCC(C)=C(F)B1OC(C)(C)C(C)(C)O1. The van der Waals surface area contributed by atoms with Gasteiger partial charge >= 0.3 is 7.12 Å². The van der Waals surface area contributed by atoms with E-state index in [9.17, 15) is 4.39 Å². The topological polar surface area (TPSA) is 18.5 Å². The summed E-state index contributed by atoms with van der Waals surface area (Å²) in [5.41, 5.74) is -0.456. The van der Waals surface area contributed by atoms with Gasteiger partial charge in [-0.2, -0.15) is 0 Å². The highest BCUT2D eigenvalue weighted by atomic mass is 19.1. The quantitative estimate of drug-likeness (QED) is 0.692. The molecule has 98 valence electrons. The van der Waals surface area contributed by atoms with Crippen molar-refractivity contribution >= 4 is 7.12 Å². The lowest BCUT2D eigenvalue weighted by Gasteiger charge is -2.32. The van der Waals surface area contributed by atoms with Crippen LogP contribution in [0, 0.1) is 0 Å². The van der Waals surface area contributed by atoms with Crippen LogP contribution >= 0.6 is 0 Å². The Kier molecular flexibility index (Phi) is 4.42. The molecule has 2 nitrogen and oxygen atoms in total. The zero-order valence-electron chi connectivity index (χ0n) is 11.9. The smallest absolute Gasteiger partial charge is 0.398 e. The molecule has 0 aromatic rings. The Morgan fingerprint density at radius 1 is 1.12 bits per heavy atom. The minimum atomic E-state index is -0.836. The summed E-state index contributed by atoms with van der Waals surface area (Å²) in [5, 5.41) is 0. The summed E-state index contributed by atoms with van der Waals surface area (Å²) in [6.07, 6.45) is 2.83. The number of hydrogen-bond donors (Lipinski definition) is 0. The van der Waals surface area contributed by atoms with Crippen LogP contribution in [0.5, 0.6) is 0 Å². The van der Waals surface area contributed by atoms with Crippen molar-refractivity contribution in [3.63, 3.8) is 0 Å². The molecule has 0 unspecified atom stereocenters. The minimum Gasteiger partial charge on any atom is -0.398 e. The largest absolute Gasteiger partial charge is 0.525 e. The van der Waals surface area contributed by atoms with Crippen LogP contribution in [0.2, 0.25) is 0 Å². The third kappa shape index (κ3) is 3.11. The lowest BCUT2D eigenvalue weighted by atomic mass is 9.84. The van der Waals surface area contributed by atoms with Gasteiger partial charge < -0.3 is 9.31 Å². The third-order valence-corrected chi connectivity index (χ3v) is 3.77. The fourth-order valence-corrected chi connectivity index (χ4v) is 1.71. The van der Waals surface area contributed by atoms with Gasteiger partial charge in [-0.25, -0.2) is 4.39 Å². The van der Waals surface area contributed by atoms with E-state index in [2.05, 4.69) is 6.92 Å². The summed E-state index contributed by atoms with van der Waals surface area (Å²) in [7, 11) is -0.836. The predicted molar refractivity (Wildman–Crippen MR) is 69.4 cm³/mol. The Hall–Kier alpha value is -0.345. The van der Waals surface area contributed by atoms with Crippen molar-refractivity contribution in [2.45, 2.75) is 72.0 Å². The van der Waals surface area contributed by atoms with E-state index in [1.54, 1.807) is 0 Å². The normalized spacial score (nSPS) is 23.8. The van der Waals surface area contributed by atoms with Gasteiger partial charge in [-0.1, -0.05) is 13.3 Å². The molecule has 17 heavy (non-hydrogen) atoms. The van der Waals surface area contributed by atoms with Crippen molar-refractivity contribution in [1.82, 2.24) is 0 Å². The lowest BCUT2D eigenvalue weighted by molar-refractivity contribution is 0.00578. The molecule has 0 bridgehead atoms. The van der Waals surface area contributed by atoms with Crippen molar-refractivity contribution in [2.75, 3.05) is 0 Å². The fraction of sp³-hybridized carbons (Fsp3) is 0.846. The molecule has 1 aliphatic rings. The van der Waals surface area contributed by atoms with Gasteiger partial charge in [0.05, 0.1) is 11.2 Å². The number of halogens is 1. The first-order valence-electron chi connectivity index (χ1n) is 6.42. The molecular weight excluding hydrogens is 218 g/mol. The van der Waals surface area contributed by atoms with E-state index in [0.717, 1.165) is 24.8 Å². The molecule has 0 amide bonds. The maximum atomic E-state index is 14.1. The highest BCUT2D eigenvalue weighted by Gasteiger charge is 2.53. The fourth-order valence-electron chi connectivity index (χ4n) is 1.71. The van der Waals surface area contributed by atoms with Crippen molar-refractivity contribution in [3.05, 3.63) is 11.3 Å². The zero-order valence-corrected chi connectivity index (χ0v) is 11.9. The second-order valence-electron chi connectivity index (χ2n) is 5.82. The molecule has 0 spiro atoms. The molecule has 1 saturated heterocycles. The van der Waals surface area contributed by atoms with Crippen molar-refractivity contribution < 1.29 is 13.7 Å². The van der Waals surface area contributed by atoms with Gasteiger partial charge in [-0.05, 0) is 53.0 Å². The van der Waals surface area contributed by atoms with Crippen LogP contribution in [-0.4, -0.2) is 18.3 Å². The van der Waals surface area contributed by atoms with Crippen molar-refractivity contribution in [2.24, 2.45) is 0 Å². The van der Waals surface area contributed by atoms with E-state index >= 15 is 0 Å². The minimum absolute atomic E-state index is 0.253. The van der Waals surface area contributed by atoms with E-state index in [1.165, 1.54) is 0 Å². The first kappa shape index (κ1) is 14.7. The predicted octanol–water partition coefficient (Wildman–Crippen LogP) is 4.05. The lowest BCUT2D eigenvalue weighted by Crippen LogP contribution is -2.41. The molecule has 1 aliphatic heterocycles. The number of unbranched alkanes of at least 4 members (excludes halogenated alkanes) is 1. The first-order valence-corrected chi connectivity index (χ1v) is 6.42. The van der Waals surface area contributed by atoms with Gasteiger partial charge in [0.25, 0.3) is 0 Å². The maximum absolute atomic E-state index is 14.1. The average molecular weight is 242 g/mol. The third-order valence-electron chi connectivity index (χ3n) is 3.77. The van der Waals surface area contributed by atoms with Crippen LogP contribution in [0.1, 0.15) is 60.8 Å². The Morgan fingerprint density at radius 3 is 2.00 bits per heavy atom. The van der Waals surface area contributed by atoms with E-state index in [1.807, 2.05) is 34.6 Å². The molecule has 0 aromatic carbocycles. The molecule has 1 fully saturated rings. The molecule has 0 atom stereocenters. The van der Waals surface area contributed by atoms with Gasteiger partial charge in [0.15, 0.2) is 0 Å². The van der Waals surface area contributed by atoms with E-state index in [4.69, 9.17) is 9.31 Å². The first-order chi connectivity index (χ1) is 7.71. The molecule has 1 rings (SSSR count). The van der Waals surface area contributed by atoms with E-state index < -0.39 is 18.3 Å². The summed E-state index contributed by atoms with van der Waals surface area (Å²) in [6, 6.07) is 0.